The highest BCUT2D eigenvalue weighted by atomic mass is 28.3. The molecule has 0 bridgehead atoms. The topological polar surface area (TPSA) is 72.8 Å². The van der Waals surface area contributed by atoms with Gasteiger partial charge >= 0.3 is 11.9 Å². The van der Waals surface area contributed by atoms with Crippen molar-refractivity contribution < 1.29 is 24.2 Å². The molecule has 0 aliphatic carbocycles. The lowest BCUT2D eigenvalue weighted by atomic mass is 9.97. The third-order valence-electron chi connectivity index (χ3n) is 7.06. The van der Waals surface area contributed by atoms with Crippen molar-refractivity contribution >= 4 is 25.2 Å². The van der Waals surface area contributed by atoms with Gasteiger partial charge in [0.15, 0.2) is 0 Å². The van der Waals surface area contributed by atoms with E-state index in [2.05, 4.69) is 69.6 Å². The van der Waals surface area contributed by atoms with Gasteiger partial charge < -0.3 is 14.6 Å². The van der Waals surface area contributed by atoms with E-state index in [1.165, 1.54) is 24.1 Å². The Morgan fingerprint density at radius 1 is 0.750 bits per heavy atom. The molecular weight excluding hydrogens is 516 g/mol. The van der Waals surface area contributed by atoms with E-state index >= 15 is 0 Å². The number of carbonyl (C=O) groups is 2. The van der Waals surface area contributed by atoms with E-state index in [0.717, 1.165) is 22.3 Å². The number of aromatic hydroxyl groups is 1. The van der Waals surface area contributed by atoms with Crippen molar-refractivity contribution in [2.45, 2.75) is 66.0 Å². The van der Waals surface area contributed by atoms with Crippen LogP contribution in [0.3, 0.4) is 0 Å². The quantitative estimate of drug-likeness (QED) is 0.141. The summed E-state index contributed by atoms with van der Waals surface area (Å²) < 4.78 is 10.6. The highest BCUT2D eigenvalue weighted by molar-refractivity contribution is 6.89. The normalized spacial score (nSPS) is 11.1. The first-order valence-electron chi connectivity index (χ1n) is 13.6. The number of esters is 2. The second kappa shape index (κ2) is 13.4. The fraction of sp³-hybridized carbons (Fsp3) is 0.294. The number of hydrogen-bond acceptors (Lipinski definition) is 5. The van der Waals surface area contributed by atoms with Crippen LogP contribution in [0, 0.1) is 0 Å². The van der Waals surface area contributed by atoms with Gasteiger partial charge in [-0.05, 0) is 48.2 Å². The van der Waals surface area contributed by atoms with Crippen molar-refractivity contribution in [3.63, 3.8) is 0 Å². The predicted molar refractivity (Wildman–Crippen MR) is 165 cm³/mol. The molecule has 0 heterocycles. The van der Waals surface area contributed by atoms with Crippen LogP contribution in [0.4, 0.5) is 0 Å². The standard InChI is InChI=1S/C34H40O5Si/c1-8-9-18-40(6,7)31-16-14-26(15-17-31)25-10-12-27(13-11-25)28-19-29(21-38-33(36)23(2)3)32(35)30(20-28)22-39-34(37)24(4)5/h10-17,19-20,35H,2,4,8-9,18,21-22H2,1,3,5-7H3. The number of unbranched alkanes of at least 4 members (excludes halogenated alkanes) is 1. The molecule has 0 aliphatic heterocycles. The van der Waals surface area contributed by atoms with Crippen LogP contribution in [-0.4, -0.2) is 25.1 Å². The van der Waals surface area contributed by atoms with Gasteiger partial charge in [0.2, 0.25) is 0 Å². The molecule has 0 spiro atoms. The Hall–Kier alpha value is -3.90. The Balaban J connectivity index is 1.89. The molecule has 0 aromatic heterocycles. The predicted octanol–water partition coefficient (Wildman–Crippen LogP) is 7.68. The molecule has 0 saturated heterocycles. The Labute approximate surface area is 239 Å². The Kier molecular flexibility index (Phi) is 10.3. The molecule has 0 aliphatic rings. The second-order valence-electron chi connectivity index (χ2n) is 11.0. The lowest BCUT2D eigenvalue weighted by molar-refractivity contribution is -0.140. The number of benzene rings is 3. The molecule has 3 aromatic rings. The maximum absolute atomic E-state index is 12.0. The minimum atomic E-state index is -1.43. The van der Waals surface area contributed by atoms with Crippen LogP contribution >= 0.6 is 0 Å². The SMILES string of the molecule is C=C(C)C(=O)OCc1cc(-c2ccc(-c3ccc([Si](C)(C)CCCC)cc3)cc2)cc(COC(=O)C(=C)C)c1O. The van der Waals surface area contributed by atoms with Crippen molar-refractivity contribution in [3.8, 4) is 28.0 Å². The van der Waals surface area contributed by atoms with Gasteiger partial charge in [-0.15, -0.1) is 0 Å². The molecule has 0 saturated carbocycles. The summed E-state index contributed by atoms with van der Waals surface area (Å²) in [6, 6.07) is 22.0. The summed E-state index contributed by atoms with van der Waals surface area (Å²) in [7, 11) is -1.43. The molecule has 3 aromatic carbocycles. The molecule has 210 valence electrons. The van der Waals surface area contributed by atoms with E-state index in [-0.39, 0.29) is 30.1 Å². The number of hydrogen-bond donors (Lipinski definition) is 1. The van der Waals surface area contributed by atoms with Gasteiger partial charge in [0.25, 0.3) is 0 Å². The molecule has 0 atom stereocenters. The second-order valence-corrected chi connectivity index (χ2v) is 15.8. The van der Waals surface area contributed by atoms with E-state index in [9.17, 15) is 14.7 Å². The Morgan fingerprint density at radius 3 is 1.55 bits per heavy atom. The maximum Gasteiger partial charge on any atom is 0.333 e. The first-order chi connectivity index (χ1) is 18.9. The highest BCUT2D eigenvalue weighted by Crippen LogP contribution is 2.33. The minimum Gasteiger partial charge on any atom is -0.507 e. The average molecular weight is 557 g/mol. The Bertz CT molecular complexity index is 1330. The van der Waals surface area contributed by atoms with Gasteiger partial charge in [-0.25, -0.2) is 9.59 Å². The first kappa shape index (κ1) is 30.6. The summed E-state index contributed by atoms with van der Waals surface area (Å²) in [5.74, 6) is -1.19. The maximum atomic E-state index is 12.0. The summed E-state index contributed by atoms with van der Waals surface area (Å²) in [6.45, 7) is 17.1. The summed E-state index contributed by atoms with van der Waals surface area (Å²) >= 11 is 0. The third-order valence-corrected chi connectivity index (χ3v) is 10.6. The van der Waals surface area contributed by atoms with Crippen LogP contribution in [0.15, 0.2) is 85.0 Å². The van der Waals surface area contributed by atoms with Crippen molar-refractivity contribution in [2.24, 2.45) is 0 Å². The van der Waals surface area contributed by atoms with Crippen LogP contribution < -0.4 is 5.19 Å². The molecule has 1 N–H and O–H groups in total. The van der Waals surface area contributed by atoms with E-state index < -0.39 is 20.0 Å². The lowest BCUT2D eigenvalue weighted by Gasteiger charge is -2.23. The fourth-order valence-corrected chi connectivity index (χ4v) is 7.01. The summed E-state index contributed by atoms with van der Waals surface area (Å²) in [5, 5.41) is 12.3. The van der Waals surface area contributed by atoms with E-state index in [1.54, 1.807) is 26.0 Å². The monoisotopic (exact) mass is 556 g/mol. The molecular formula is C34H40O5Si. The van der Waals surface area contributed by atoms with Gasteiger partial charge in [0.05, 0.1) is 8.07 Å². The minimum absolute atomic E-state index is 0.0881. The number of ether oxygens (including phenoxy) is 2. The van der Waals surface area contributed by atoms with Crippen LogP contribution in [0.5, 0.6) is 5.75 Å². The summed E-state index contributed by atoms with van der Waals surface area (Å²) in [4.78, 5) is 23.9. The van der Waals surface area contributed by atoms with Crippen LogP contribution in [0.2, 0.25) is 19.1 Å². The zero-order chi connectivity index (χ0) is 29.4. The van der Waals surface area contributed by atoms with E-state index in [1.807, 2.05) is 12.1 Å². The lowest BCUT2D eigenvalue weighted by Crippen LogP contribution is -2.40. The van der Waals surface area contributed by atoms with Crippen molar-refractivity contribution in [2.75, 3.05) is 0 Å². The molecule has 3 rings (SSSR count). The van der Waals surface area contributed by atoms with Gasteiger partial charge in [0.1, 0.15) is 19.0 Å². The smallest absolute Gasteiger partial charge is 0.333 e. The zero-order valence-electron chi connectivity index (χ0n) is 24.3. The first-order valence-corrected chi connectivity index (χ1v) is 16.8. The van der Waals surface area contributed by atoms with Crippen LogP contribution in [0.25, 0.3) is 22.3 Å². The van der Waals surface area contributed by atoms with Gasteiger partial charge in [-0.3, -0.25) is 0 Å². The fourth-order valence-electron chi connectivity index (χ4n) is 4.41. The van der Waals surface area contributed by atoms with Crippen molar-refractivity contribution in [1.82, 2.24) is 0 Å². The number of phenolic OH excluding ortho intramolecular Hbond substituents is 1. The van der Waals surface area contributed by atoms with Gasteiger partial charge in [-0.2, -0.15) is 0 Å². The average Bonchev–Trinajstić information content (AvgIpc) is 2.94. The van der Waals surface area contributed by atoms with Crippen LogP contribution in [-0.2, 0) is 32.3 Å². The number of phenols is 1. The van der Waals surface area contributed by atoms with E-state index in [0.29, 0.717) is 11.1 Å². The molecule has 0 unspecified atom stereocenters. The van der Waals surface area contributed by atoms with Crippen LogP contribution in [0.1, 0.15) is 44.7 Å². The highest BCUT2D eigenvalue weighted by Gasteiger charge is 2.22. The van der Waals surface area contributed by atoms with Crippen molar-refractivity contribution in [3.05, 3.63) is 96.1 Å². The summed E-state index contributed by atoms with van der Waals surface area (Å²) in [5.41, 5.74) is 5.31. The molecule has 5 nitrogen and oxygen atoms in total. The molecule has 0 fully saturated rings. The Morgan fingerprint density at radius 2 is 1.15 bits per heavy atom. The third kappa shape index (κ3) is 7.82. The molecule has 6 heteroatoms. The molecule has 0 amide bonds. The van der Waals surface area contributed by atoms with Crippen molar-refractivity contribution in [1.29, 1.82) is 0 Å². The number of rotatable bonds is 12. The van der Waals surface area contributed by atoms with Gasteiger partial charge in [-0.1, -0.05) is 106 Å². The molecule has 0 radical (unpaired) electrons. The van der Waals surface area contributed by atoms with E-state index in [4.69, 9.17) is 9.47 Å². The van der Waals surface area contributed by atoms with Gasteiger partial charge in [0, 0.05) is 22.3 Å². The number of carbonyl (C=O) groups excluding carboxylic acids is 2. The zero-order valence-corrected chi connectivity index (χ0v) is 25.3. The summed E-state index contributed by atoms with van der Waals surface area (Å²) in [6.07, 6.45) is 2.50. The largest absolute Gasteiger partial charge is 0.507 e. The molecule has 40 heavy (non-hydrogen) atoms.